The van der Waals surface area contributed by atoms with Gasteiger partial charge in [0.25, 0.3) is 0 Å². The highest BCUT2D eigenvalue weighted by Crippen LogP contribution is 2.37. The molecule has 4 nitrogen and oxygen atoms in total. The monoisotopic (exact) mass is 616 g/mol. The predicted molar refractivity (Wildman–Crippen MR) is 195 cm³/mol. The largest absolute Gasteiger partial charge is 0.457 e. The van der Waals surface area contributed by atoms with Gasteiger partial charge in [0.15, 0.2) is 0 Å². The molecule has 234 valence electrons. The average Bonchev–Trinajstić information content (AvgIpc) is 3.11. The van der Waals surface area contributed by atoms with E-state index in [2.05, 4.69) is 164 Å². The first kappa shape index (κ1) is 31.4. The van der Waals surface area contributed by atoms with Crippen LogP contribution in [0.15, 0.2) is 163 Å². The first-order chi connectivity index (χ1) is 22.9. The Morgan fingerprint density at radius 1 is 0.702 bits per heavy atom. The van der Waals surface area contributed by atoms with E-state index in [0.717, 1.165) is 51.5 Å². The summed E-state index contributed by atoms with van der Waals surface area (Å²) in [5.41, 5.74) is 11.4. The smallest absolute Gasteiger partial charge is 0.333 e. The minimum atomic E-state index is -0.382. The van der Waals surface area contributed by atoms with E-state index in [1.165, 1.54) is 11.3 Å². The molecule has 0 radical (unpaired) electrons. The maximum atomic E-state index is 11.9. The van der Waals surface area contributed by atoms with Crippen LogP contribution in [-0.4, -0.2) is 5.97 Å². The van der Waals surface area contributed by atoms with Crippen molar-refractivity contribution in [3.63, 3.8) is 0 Å². The highest BCUT2D eigenvalue weighted by atomic mass is 16.5. The lowest BCUT2D eigenvalue weighted by Crippen LogP contribution is -2.17. The van der Waals surface area contributed by atoms with E-state index < -0.39 is 0 Å². The van der Waals surface area contributed by atoms with Gasteiger partial charge in [-0.25, -0.2) is 4.79 Å². The molecule has 0 aliphatic heterocycles. The van der Waals surface area contributed by atoms with Crippen LogP contribution in [0.1, 0.15) is 31.4 Å². The first-order valence-electron chi connectivity index (χ1n) is 16.1. The van der Waals surface area contributed by atoms with Crippen molar-refractivity contribution in [1.29, 1.82) is 0 Å². The second-order valence-corrected chi connectivity index (χ2v) is 12.2. The summed E-state index contributed by atoms with van der Waals surface area (Å²) in [7, 11) is 0. The molecule has 0 spiro atoms. The summed E-state index contributed by atoms with van der Waals surface area (Å²) in [6, 6.07) is 44.7. The highest BCUT2D eigenvalue weighted by Gasteiger charge is 2.17. The molecular weight excluding hydrogens is 576 g/mol. The third-order valence-corrected chi connectivity index (χ3v) is 8.36. The number of esters is 1. The van der Waals surface area contributed by atoms with E-state index in [1.54, 1.807) is 6.92 Å². The second kappa shape index (κ2) is 14.2. The van der Waals surface area contributed by atoms with Crippen molar-refractivity contribution in [1.82, 2.24) is 0 Å². The zero-order valence-corrected chi connectivity index (χ0v) is 27.3. The number of hydrogen-bond donors (Lipinski definition) is 0. The molecule has 5 aromatic carbocycles. The molecule has 4 heteroatoms. The molecule has 47 heavy (non-hydrogen) atoms. The highest BCUT2D eigenvalue weighted by molar-refractivity contribution is 5.87. The number of rotatable bonds is 10. The van der Waals surface area contributed by atoms with Crippen molar-refractivity contribution >= 4 is 34.4 Å². The fourth-order valence-corrected chi connectivity index (χ4v) is 5.67. The lowest BCUT2D eigenvalue weighted by atomic mass is 10.00. The van der Waals surface area contributed by atoms with Gasteiger partial charge < -0.3 is 14.5 Å². The minimum Gasteiger partial charge on any atom is -0.457 e. The van der Waals surface area contributed by atoms with Crippen LogP contribution in [0.4, 0.5) is 28.4 Å². The fourth-order valence-electron chi connectivity index (χ4n) is 5.67. The lowest BCUT2D eigenvalue weighted by Gasteiger charge is -2.28. The van der Waals surface area contributed by atoms with Gasteiger partial charge in [0, 0.05) is 39.7 Å². The summed E-state index contributed by atoms with van der Waals surface area (Å²) in [4.78, 5) is 16.4. The summed E-state index contributed by atoms with van der Waals surface area (Å²) in [6.45, 7) is 9.86. The van der Waals surface area contributed by atoms with Gasteiger partial charge >= 0.3 is 5.97 Å². The number of hydrogen-bond acceptors (Lipinski definition) is 4. The van der Waals surface area contributed by atoms with Crippen molar-refractivity contribution < 1.29 is 9.53 Å². The number of ether oxygens (including phenoxy) is 1. The topological polar surface area (TPSA) is 32.8 Å². The van der Waals surface area contributed by atoms with Crippen molar-refractivity contribution in [2.24, 2.45) is 5.92 Å². The number of nitrogens with zero attached hydrogens (tertiary/aromatic N) is 2. The Hall–Kier alpha value is -5.61. The quantitative estimate of drug-likeness (QED) is 0.115. The molecule has 5 aromatic rings. The Bertz CT molecular complexity index is 1890. The summed E-state index contributed by atoms with van der Waals surface area (Å²) in [5, 5.41) is 0. The fraction of sp³-hybridized carbons (Fsp3) is 0.140. The van der Waals surface area contributed by atoms with Crippen molar-refractivity contribution in [3.05, 3.63) is 175 Å². The van der Waals surface area contributed by atoms with E-state index in [9.17, 15) is 4.79 Å². The molecule has 1 aliphatic carbocycles. The molecule has 0 N–H and O–H groups in total. The molecule has 1 unspecified atom stereocenters. The van der Waals surface area contributed by atoms with Gasteiger partial charge in [0.05, 0.1) is 0 Å². The molecule has 0 saturated heterocycles. The van der Waals surface area contributed by atoms with E-state index in [4.69, 9.17) is 4.74 Å². The lowest BCUT2D eigenvalue weighted by molar-refractivity contribution is -0.140. The van der Waals surface area contributed by atoms with Crippen LogP contribution in [-0.2, 0) is 16.1 Å². The molecule has 0 fully saturated rings. The zero-order valence-electron chi connectivity index (χ0n) is 27.3. The first-order valence-corrected chi connectivity index (χ1v) is 16.1. The van der Waals surface area contributed by atoms with Gasteiger partial charge in [0.1, 0.15) is 6.61 Å². The number of para-hydroxylation sites is 1. The molecule has 1 atom stereocenters. The van der Waals surface area contributed by atoms with Crippen molar-refractivity contribution in [3.8, 4) is 11.1 Å². The van der Waals surface area contributed by atoms with Gasteiger partial charge in [-0.3, -0.25) is 0 Å². The number of benzene rings is 5. The summed E-state index contributed by atoms with van der Waals surface area (Å²) in [5.74, 6) is 0.174. The molecular formula is C43H40N2O2. The molecule has 0 bridgehead atoms. The van der Waals surface area contributed by atoms with E-state index in [0.29, 0.717) is 11.5 Å². The Labute approximate surface area is 278 Å². The number of aryl methyl sites for hydroxylation is 1. The number of carbonyl (C=O) groups is 1. The number of anilines is 5. The van der Waals surface area contributed by atoms with Crippen LogP contribution in [0.25, 0.3) is 11.1 Å². The SMILES string of the molecule is C=C(C)C(=O)OCc1ccc(N(c2ccc(C)cc2)c2ccc(-c3ccc(N(C4=CCC(C)C=C4)c4ccccc4)cc3)cc2)cc1. The molecule has 6 rings (SSSR count). The van der Waals surface area contributed by atoms with E-state index in [-0.39, 0.29) is 12.6 Å². The van der Waals surface area contributed by atoms with Crippen LogP contribution in [0.5, 0.6) is 0 Å². The summed E-state index contributed by atoms with van der Waals surface area (Å²) < 4.78 is 5.34. The average molecular weight is 617 g/mol. The van der Waals surface area contributed by atoms with E-state index >= 15 is 0 Å². The third-order valence-electron chi connectivity index (χ3n) is 8.36. The molecule has 1 aliphatic rings. The van der Waals surface area contributed by atoms with Gasteiger partial charge in [-0.1, -0.05) is 97.9 Å². The van der Waals surface area contributed by atoms with Crippen molar-refractivity contribution in [2.45, 2.75) is 33.8 Å². The second-order valence-electron chi connectivity index (χ2n) is 12.2. The maximum Gasteiger partial charge on any atom is 0.333 e. The molecule has 0 saturated carbocycles. The Morgan fingerprint density at radius 3 is 1.70 bits per heavy atom. The Kier molecular flexibility index (Phi) is 9.49. The van der Waals surface area contributed by atoms with Crippen LogP contribution in [0.3, 0.4) is 0 Å². The zero-order chi connectivity index (χ0) is 32.8. The molecule has 0 aromatic heterocycles. The third kappa shape index (κ3) is 7.45. The van der Waals surface area contributed by atoms with Gasteiger partial charge in [0.2, 0.25) is 0 Å². The summed E-state index contributed by atoms with van der Waals surface area (Å²) in [6.07, 6.45) is 7.89. The normalized spacial score (nSPS) is 13.9. The minimum absolute atomic E-state index is 0.209. The predicted octanol–water partition coefficient (Wildman–Crippen LogP) is 11.4. The van der Waals surface area contributed by atoms with Gasteiger partial charge in [-0.15, -0.1) is 0 Å². The van der Waals surface area contributed by atoms with E-state index in [1.807, 2.05) is 12.1 Å². The molecule has 0 amide bonds. The molecule has 0 heterocycles. The van der Waals surface area contributed by atoms with Gasteiger partial charge in [-0.05, 0) is 110 Å². The number of carbonyl (C=O) groups excluding carboxylic acids is 1. The van der Waals surface area contributed by atoms with Crippen LogP contribution >= 0.6 is 0 Å². The van der Waals surface area contributed by atoms with Crippen LogP contribution < -0.4 is 9.80 Å². The summed E-state index contributed by atoms with van der Waals surface area (Å²) >= 11 is 0. The maximum absolute atomic E-state index is 11.9. The van der Waals surface area contributed by atoms with Gasteiger partial charge in [-0.2, -0.15) is 0 Å². The Morgan fingerprint density at radius 2 is 1.19 bits per heavy atom. The Balaban J connectivity index is 1.26. The number of allylic oxidation sites excluding steroid dienone is 3. The van der Waals surface area contributed by atoms with Crippen molar-refractivity contribution in [2.75, 3.05) is 9.80 Å². The van der Waals surface area contributed by atoms with Crippen LogP contribution in [0, 0.1) is 12.8 Å². The van der Waals surface area contributed by atoms with Crippen LogP contribution in [0.2, 0.25) is 0 Å². The standard InChI is InChI=1S/C43H40N2O2/c1-31(2)43(46)47-30-34-14-24-40(25-15-34)45(39-22-12-33(4)13-23-39)42-28-18-36(19-29-42)35-16-26-41(27-17-35)44(37-8-6-5-7-9-37)38-20-10-32(3)11-21-38/h5-10,12-29,32H,1,11,30H2,2-4H3.